The second-order valence-corrected chi connectivity index (χ2v) is 9.01. The molecule has 0 radical (unpaired) electrons. The summed E-state index contributed by atoms with van der Waals surface area (Å²) in [5, 5.41) is 2.96. The van der Waals surface area contributed by atoms with Crippen molar-refractivity contribution in [1.29, 1.82) is 0 Å². The number of hydrogen-bond donors (Lipinski definition) is 0. The molecule has 1 atom stereocenters. The molecule has 1 aliphatic rings. The largest absolute Gasteiger partial charge is 0.323 e. The van der Waals surface area contributed by atoms with Crippen LogP contribution in [0.5, 0.6) is 0 Å². The molecule has 0 saturated carbocycles. The van der Waals surface area contributed by atoms with Gasteiger partial charge in [-0.3, -0.25) is 4.79 Å². The van der Waals surface area contributed by atoms with Crippen LogP contribution >= 0.6 is 11.6 Å². The van der Waals surface area contributed by atoms with Crippen molar-refractivity contribution < 1.29 is 4.79 Å². The fraction of sp³-hybridized carbons (Fsp3) is 0.143. The molecule has 5 aromatic rings. The Hall–Kier alpha value is -3.63. The van der Waals surface area contributed by atoms with E-state index in [9.17, 15) is 4.79 Å². The van der Waals surface area contributed by atoms with Crippen molar-refractivity contribution in [3.8, 4) is 0 Å². The van der Waals surface area contributed by atoms with E-state index < -0.39 is 0 Å². The van der Waals surface area contributed by atoms with Gasteiger partial charge in [0, 0.05) is 35.8 Å². The fourth-order valence-corrected chi connectivity index (χ4v) is 5.03. The summed E-state index contributed by atoms with van der Waals surface area (Å²) in [5.41, 5.74) is 4.16. The van der Waals surface area contributed by atoms with E-state index in [2.05, 4.69) is 28.8 Å². The highest BCUT2D eigenvalue weighted by Crippen LogP contribution is 2.36. The molecule has 1 aromatic heterocycles. The fourth-order valence-electron chi connectivity index (χ4n) is 4.90. The summed E-state index contributed by atoms with van der Waals surface area (Å²) < 4.78 is 2.25. The van der Waals surface area contributed by atoms with Gasteiger partial charge in [-0.25, -0.2) is 4.98 Å². The van der Waals surface area contributed by atoms with Crippen molar-refractivity contribution in [2.24, 2.45) is 0 Å². The average Bonchev–Trinajstić information content (AvgIpc) is 3.40. The molecule has 1 fully saturated rings. The minimum absolute atomic E-state index is 0.0242. The first-order valence-electron chi connectivity index (χ1n) is 11.1. The van der Waals surface area contributed by atoms with E-state index in [1.807, 2.05) is 71.6 Å². The van der Waals surface area contributed by atoms with Crippen LogP contribution in [0.15, 0.2) is 91.0 Å². The molecule has 0 aliphatic carbocycles. The van der Waals surface area contributed by atoms with Crippen LogP contribution < -0.4 is 4.90 Å². The number of carbonyl (C=O) groups is 1. The lowest BCUT2D eigenvalue weighted by Gasteiger charge is -2.19. The molecule has 5 heteroatoms. The van der Waals surface area contributed by atoms with Crippen LogP contribution in [0.1, 0.15) is 23.7 Å². The number of hydrogen-bond acceptors (Lipinski definition) is 2. The van der Waals surface area contributed by atoms with Crippen LogP contribution in [0.4, 0.5) is 5.69 Å². The van der Waals surface area contributed by atoms with E-state index in [4.69, 9.17) is 16.6 Å². The van der Waals surface area contributed by atoms with E-state index in [0.29, 0.717) is 19.5 Å². The van der Waals surface area contributed by atoms with Crippen molar-refractivity contribution in [3.05, 3.63) is 107 Å². The van der Waals surface area contributed by atoms with Gasteiger partial charge in [0.25, 0.3) is 0 Å². The first-order chi connectivity index (χ1) is 16.2. The second-order valence-electron chi connectivity index (χ2n) is 8.57. The summed E-state index contributed by atoms with van der Waals surface area (Å²) in [6, 6.07) is 30.5. The second kappa shape index (κ2) is 8.05. The van der Waals surface area contributed by atoms with E-state index in [-0.39, 0.29) is 11.8 Å². The van der Waals surface area contributed by atoms with Crippen LogP contribution in [0.3, 0.4) is 0 Å². The van der Waals surface area contributed by atoms with Gasteiger partial charge in [-0.15, -0.1) is 0 Å². The molecule has 1 amide bonds. The molecule has 0 spiro atoms. The number of halogens is 1. The van der Waals surface area contributed by atoms with Gasteiger partial charge in [0.1, 0.15) is 5.82 Å². The van der Waals surface area contributed by atoms with Gasteiger partial charge < -0.3 is 9.47 Å². The van der Waals surface area contributed by atoms with Gasteiger partial charge in [0.15, 0.2) is 0 Å². The summed E-state index contributed by atoms with van der Waals surface area (Å²) >= 11 is 6.09. The molecule has 0 N–H and O–H groups in total. The predicted octanol–water partition coefficient (Wildman–Crippen LogP) is 6.41. The number of anilines is 1. The summed E-state index contributed by atoms with van der Waals surface area (Å²) in [5.74, 6) is 1.12. The molecule has 4 aromatic carbocycles. The number of para-hydroxylation sites is 2. The molecule has 1 unspecified atom stereocenters. The summed E-state index contributed by atoms with van der Waals surface area (Å²) in [6.45, 7) is 1.31. The Bertz CT molecular complexity index is 1480. The lowest BCUT2D eigenvalue weighted by molar-refractivity contribution is -0.117. The molecule has 162 valence electrons. The summed E-state index contributed by atoms with van der Waals surface area (Å²) in [7, 11) is 0. The molecular weight excluding hydrogens is 430 g/mol. The highest BCUT2D eigenvalue weighted by atomic mass is 35.5. The lowest BCUT2D eigenvalue weighted by atomic mass is 10.1. The molecule has 6 rings (SSSR count). The van der Waals surface area contributed by atoms with Crippen molar-refractivity contribution in [2.75, 3.05) is 11.4 Å². The summed E-state index contributed by atoms with van der Waals surface area (Å²) in [4.78, 5) is 20.1. The van der Waals surface area contributed by atoms with Crippen LogP contribution in [-0.2, 0) is 11.3 Å². The Balaban J connectivity index is 1.40. The van der Waals surface area contributed by atoms with E-state index >= 15 is 0 Å². The minimum Gasteiger partial charge on any atom is -0.323 e. The zero-order valence-corrected chi connectivity index (χ0v) is 18.7. The van der Waals surface area contributed by atoms with Crippen molar-refractivity contribution in [1.82, 2.24) is 9.55 Å². The van der Waals surface area contributed by atoms with Crippen molar-refractivity contribution in [2.45, 2.75) is 18.9 Å². The lowest BCUT2D eigenvalue weighted by Crippen LogP contribution is -2.24. The van der Waals surface area contributed by atoms with Crippen LogP contribution in [0.2, 0.25) is 5.02 Å². The van der Waals surface area contributed by atoms with Crippen molar-refractivity contribution in [3.63, 3.8) is 0 Å². The maximum Gasteiger partial charge on any atom is 0.227 e. The third-order valence-electron chi connectivity index (χ3n) is 6.49. The SMILES string of the molecule is O=C1CC(c2nc3ccccc3n2Cc2ccc(Cl)cc2)CN1c1cccc2ccccc12. The van der Waals surface area contributed by atoms with E-state index in [0.717, 1.165) is 43.9 Å². The van der Waals surface area contributed by atoms with Gasteiger partial charge in [0.05, 0.1) is 16.7 Å². The number of nitrogens with zero attached hydrogens (tertiary/aromatic N) is 3. The number of aromatic nitrogens is 2. The Morgan fingerprint density at radius 3 is 2.52 bits per heavy atom. The first-order valence-corrected chi connectivity index (χ1v) is 11.5. The van der Waals surface area contributed by atoms with Gasteiger partial charge >= 0.3 is 0 Å². The Morgan fingerprint density at radius 2 is 1.64 bits per heavy atom. The number of amides is 1. The number of imidazole rings is 1. The zero-order chi connectivity index (χ0) is 22.4. The topological polar surface area (TPSA) is 38.1 Å². The standard InChI is InChI=1S/C28H22ClN3O/c29-22-14-12-19(13-15-22)17-32-26-10-4-3-9-24(26)30-28(32)21-16-27(33)31(18-21)25-11-5-7-20-6-1-2-8-23(20)25/h1-15,21H,16-18H2. The first kappa shape index (κ1) is 20.0. The Kier molecular flexibility index (Phi) is 4.88. The Morgan fingerprint density at radius 1 is 0.879 bits per heavy atom. The van der Waals surface area contributed by atoms with Crippen LogP contribution in [-0.4, -0.2) is 22.0 Å². The average molecular weight is 452 g/mol. The zero-order valence-electron chi connectivity index (χ0n) is 18.0. The molecule has 1 aliphatic heterocycles. The van der Waals surface area contributed by atoms with Gasteiger partial charge in [-0.05, 0) is 41.3 Å². The van der Waals surface area contributed by atoms with E-state index in [1.165, 1.54) is 0 Å². The molecule has 2 heterocycles. The molecule has 4 nitrogen and oxygen atoms in total. The monoisotopic (exact) mass is 451 g/mol. The maximum atomic E-state index is 13.2. The quantitative estimate of drug-likeness (QED) is 0.316. The minimum atomic E-state index is 0.0242. The number of carbonyl (C=O) groups excluding carboxylic acids is 1. The third kappa shape index (κ3) is 3.57. The highest BCUT2D eigenvalue weighted by Gasteiger charge is 2.35. The number of benzene rings is 4. The maximum absolute atomic E-state index is 13.2. The highest BCUT2D eigenvalue weighted by molar-refractivity contribution is 6.30. The normalized spacial score (nSPS) is 16.2. The van der Waals surface area contributed by atoms with Gasteiger partial charge in [-0.1, -0.05) is 72.3 Å². The Labute approximate surface area is 197 Å². The van der Waals surface area contributed by atoms with Gasteiger partial charge in [-0.2, -0.15) is 0 Å². The van der Waals surface area contributed by atoms with Crippen LogP contribution in [0, 0.1) is 0 Å². The predicted molar refractivity (Wildman–Crippen MR) is 134 cm³/mol. The molecule has 0 bridgehead atoms. The smallest absolute Gasteiger partial charge is 0.227 e. The number of rotatable bonds is 4. The van der Waals surface area contributed by atoms with Crippen molar-refractivity contribution >= 4 is 45.0 Å². The number of fused-ring (bicyclic) bond motifs is 2. The molecule has 1 saturated heterocycles. The molecule has 33 heavy (non-hydrogen) atoms. The molecular formula is C28H22ClN3O. The van der Waals surface area contributed by atoms with Gasteiger partial charge in [0.2, 0.25) is 5.91 Å². The summed E-state index contributed by atoms with van der Waals surface area (Å²) in [6.07, 6.45) is 0.452. The van der Waals surface area contributed by atoms with Crippen LogP contribution in [0.25, 0.3) is 21.8 Å². The third-order valence-corrected chi connectivity index (χ3v) is 6.74. The van der Waals surface area contributed by atoms with E-state index in [1.54, 1.807) is 0 Å².